The van der Waals surface area contributed by atoms with Crippen LogP contribution in [0.15, 0.2) is 51.7 Å². The Hall–Kier alpha value is -4.01. The van der Waals surface area contributed by atoms with Gasteiger partial charge >= 0.3 is 17.6 Å². The summed E-state index contributed by atoms with van der Waals surface area (Å²) in [5, 5.41) is 0.573. The van der Waals surface area contributed by atoms with Crippen LogP contribution in [0.3, 0.4) is 0 Å². The fourth-order valence-corrected chi connectivity index (χ4v) is 3.71. The lowest BCUT2D eigenvalue weighted by Crippen LogP contribution is -2.31. The minimum absolute atomic E-state index is 0.212. The number of hydrogen-bond acceptors (Lipinski definition) is 9. The van der Waals surface area contributed by atoms with E-state index in [1.165, 1.54) is 21.3 Å². The number of rotatable bonds is 6. The standard InChI is InChI=1S/C23H20O9/c1-27-16-10-12(8-9-15(16)30-11-17(24)28-2)18-19-20(32-21(18)23(26)29-3)13-6-4-5-7-14(13)31-22(19)25/h4-10,18,21H,11H2,1-3H3/t18-,21-/m1/s1. The Morgan fingerprint density at radius 1 is 1.00 bits per heavy atom. The average Bonchev–Trinajstić information content (AvgIpc) is 3.23. The largest absolute Gasteiger partial charge is 0.493 e. The van der Waals surface area contributed by atoms with Gasteiger partial charge in [0.15, 0.2) is 18.1 Å². The number of carbonyl (C=O) groups is 2. The molecule has 2 aromatic carbocycles. The average molecular weight is 440 g/mol. The lowest BCUT2D eigenvalue weighted by molar-refractivity contribution is -0.148. The molecule has 1 aliphatic rings. The van der Waals surface area contributed by atoms with E-state index in [4.69, 9.17) is 23.4 Å². The van der Waals surface area contributed by atoms with Crippen molar-refractivity contribution in [1.29, 1.82) is 0 Å². The summed E-state index contributed by atoms with van der Waals surface area (Å²) < 4.78 is 31.8. The van der Waals surface area contributed by atoms with Crippen molar-refractivity contribution in [2.75, 3.05) is 27.9 Å². The van der Waals surface area contributed by atoms with Crippen molar-refractivity contribution in [3.63, 3.8) is 0 Å². The van der Waals surface area contributed by atoms with E-state index >= 15 is 0 Å². The van der Waals surface area contributed by atoms with Crippen LogP contribution in [0.25, 0.3) is 11.0 Å². The molecule has 0 saturated carbocycles. The second-order valence-corrected chi connectivity index (χ2v) is 6.94. The number of methoxy groups -OCH3 is 3. The van der Waals surface area contributed by atoms with Crippen LogP contribution in [-0.4, -0.2) is 46.0 Å². The van der Waals surface area contributed by atoms with E-state index in [1.54, 1.807) is 42.5 Å². The normalized spacial score (nSPS) is 16.7. The molecule has 0 aliphatic carbocycles. The second kappa shape index (κ2) is 8.62. The first-order valence-electron chi connectivity index (χ1n) is 9.66. The summed E-state index contributed by atoms with van der Waals surface area (Å²) in [6, 6.07) is 11.8. The van der Waals surface area contributed by atoms with Gasteiger partial charge < -0.3 is 28.1 Å². The fourth-order valence-electron chi connectivity index (χ4n) is 3.71. The summed E-state index contributed by atoms with van der Waals surface area (Å²) in [6.07, 6.45) is -1.10. The van der Waals surface area contributed by atoms with Crippen molar-refractivity contribution in [2.24, 2.45) is 0 Å². The van der Waals surface area contributed by atoms with Crippen LogP contribution in [0.4, 0.5) is 0 Å². The lowest BCUT2D eigenvalue weighted by Gasteiger charge is -2.18. The fraction of sp³-hybridized carbons (Fsp3) is 0.261. The number of ether oxygens (including phenoxy) is 5. The smallest absolute Gasteiger partial charge is 0.348 e. The molecular weight excluding hydrogens is 420 g/mol. The maximum atomic E-state index is 12.9. The van der Waals surface area contributed by atoms with E-state index in [9.17, 15) is 14.4 Å². The number of fused-ring (bicyclic) bond motifs is 3. The van der Waals surface area contributed by atoms with Gasteiger partial charge in [0.2, 0.25) is 6.10 Å². The Kier molecular flexibility index (Phi) is 5.72. The third kappa shape index (κ3) is 3.62. The Morgan fingerprint density at radius 3 is 2.50 bits per heavy atom. The van der Waals surface area contributed by atoms with Gasteiger partial charge in [-0.2, -0.15) is 0 Å². The van der Waals surface area contributed by atoms with Crippen molar-refractivity contribution in [2.45, 2.75) is 12.0 Å². The first kappa shape index (κ1) is 21.2. The first-order valence-corrected chi connectivity index (χ1v) is 9.66. The number of para-hydroxylation sites is 1. The summed E-state index contributed by atoms with van der Waals surface area (Å²) in [5.41, 5.74) is 0.498. The zero-order valence-corrected chi connectivity index (χ0v) is 17.6. The van der Waals surface area contributed by atoms with Gasteiger partial charge in [-0.25, -0.2) is 14.4 Å². The minimum atomic E-state index is -1.10. The minimum Gasteiger partial charge on any atom is -0.493 e. The number of carbonyl (C=O) groups excluding carboxylic acids is 2. The van der Waals surface area contributed by atoms with Gasteiger partial charge in [0.25, 0.3) is 0 Å². The highest BCUT2D eigenvalue weighted by Crippen LogP contribution is 2.46. The third-order valence-corrected chi connectivity index (χ3v) is 5.21. The molecule has 32 heavy (non-hydrogen) atoms. The molecule has 0 fully saturated rings. The summed E-state index contributed by atoms with van der Waals surface area (Å²) in [7, 11) is 3.94. The van der Waals surface area contributed by atoms with Gasteiger partial charge in [-0.1, -0.05) is 18.2 Å². The van der Waals surface area contributed by atoms with Crippen molar-refractivity contribution in [3.05, 3.63) is 64.0 Å². The molecule has 0 amide bonds. The van der Waals surface area contributed by atoms with Crippen LogP contribution in [0.5, 0.6) is 17.2 Å². The molecule has 166 valence electrons. The zero-order chi connectivity index (χ0) is 22.8. The molecule has 1 aromatic heterocycles. The molecule has 3 aromatic rings. The predicted molar refractivity (Wildman–Crippen MR) is 111 cm³/mol. The molecule has 0 bridgehead atoms. The van der Waals surface area contributed by atoms with E-state index in [2.05, 4.69) is 4.74 Å². The maximum Gasteiger partial charge on any atom is 0.348 e. The predicted octanol–water partition coefficient (Wildman–Crippen LogP) is 2.42. The second-order valence-electron chi connectivity index (χ2n) is 6.94. The van der Waals surface area contributed by atoms with E-state index in [0.29, 0.717) is 28.0 Å². The molecule has 0 unspecified atom stereocenters. The van der Waals surface area contributed by atoms with Crippen molar-refractivity contribution in [1.82, 2.24) is 0 Å². The van der Waals surface area contributed by atoms with Crippen LogP contribution in [-0.2, 0) is 19.1 Å². The number of esters is 2. The topological polar surface area (TPSA) is 111 Å². The Balaban J connectivity index is 1.83. The van der Waals surface area contributed by atoms with Gasteiger partial charge in [-0.05, 0) is 29.8 Å². The van der Waals surface area contributed by atoms with E-state index in [-0.39, 0.29) is 17.9 Å². The molecule has 9 heteroatoms. The van der Waals surface area contributed by atoms with Crippen molar-refractivity contribution in [3.8, 4) is 17.2 Å². The molecule has 0 radical (unpaired) electrons. The van der Waals surface area contributed by atoms with Crippen LogP contribution in [0.1, 0.15) is 17.0 Å². The van der Waals surface area contributed by atoms with Gasteiger partial charge in [0.1, 0.15) is 11.3 Å². The van der Waals surface area contributed by atoms with Gasteiger partial charge in [-0.15, -0.1) is 0 Å². The molecule has 0 spiro atoms. The molecule has 4 rings (SSSR count). The zero-order valence-electron chi connectivity index (χ0n) is 17.6. The summed E-state index contributed by atoms with van der Waals surface area (Å²) in [4.78, 5) is 36.8. The van der Waals surface area contributed by atoms with Crippen molar-refractivity contribution >= 4 is 22.9 Å². The highest BCUT2D eigenvalue weighted by molar-refractivity contribution is 5.88. The summed E-state index contributed by atoms with van der Waals surface area (Å²) in [6.45, 7) is -0.304. The molecule has 0 saturated heterocycles. The first-order chi connectivity index (χ1) is 15.5. The SMILES string of the molecule is COC(=O)COc1ccc([C@@H]2c3c(c4ccccc4oc3=O)O[C@H]2C(=O)OC)cc1OC. The highest BCUT2D eigenvalue weighted by Gasteiger charge is 2.45. The third-order valence-electron chi connectivity index (χ3n) is 5.21. The highest BCUT2D eigenvalue weighted by atomic mass is 16.6. The van der Waals surface area contributed by atoms with Gasteiger partial charge in [0.05, 0.1) is 38.2 Å². The molecule has 0 N–H and O–H groups in total. The van der Waals surface area contributed by atoms with Crippen LogP contribution >= 0.6 is 0 Å². The Labute approximate surface area is 182 Å². The van der Waals surface area contributed by atoms with Gasteiger partial charge in [-0.3, -0.25) is 0 Å². The van der Waals surface area contributed by atoms with Crippen LogP contribution in [0, 0.1) is 0 Å². The van der Waals surface area contributed by atoms with Crippen molar-refractivity contribution < 1.29 is 37.7 Å². The Morgan fingerprint density at radius 2 is 1.78 bits per heavy atom. The van der Waals surface area contributed by atoms with E-state index in [0.717, 1.165) is 0 Å². The molecule has 1 aliphatic heterocycles. The van der Waals surface area contributed by atoms with Gasteiger partial charge in [0, 0.05) is 0 Å². The summed E-state index contributed by atoms with van der Waals surface area (Å²) in [5.74, 6) is -1.12. The monoisotopic (exact) mass is 440 g/mol. The quantitative estimate of drug-likeness (QED) is 0.421. The van der Waals surface area contributed by atoms with Crippen LogP contribution in [0.2, 0.25) is 0 Å². The van der Waals surface area contributed by atoms with E-state index in [1.807, 2.05) is 0 Å². The molecule has 9 nitrogen and oxygen atoms in total. The molecule has 2 atom stereocenters. The van der Waals surface area contributed by atoms with E-state index < -0.39 is 29.6 Å². The number of hydrogen-bond donors (Lipinski definition) is 0. The number of benzene rings is 2. The Bertz CT molecular complexity index is 1240. The molecule has 2 heterocycles. The lowest BCUT2D eigenvalue weighted by atomic mass is 9.88. The summed E-state index contributed by atoms with van der Waals surface area (Å²) >= 11 is 0. The van der Waals surface area contributed by atoms with Crippen LogP contribution < -0.4 is 19.8 Å². The molecular formula is C23H20O9. The maximum absolute atomic E-state index is 12.9.